The van der Waals surface area contributed by atoms with Crippen LogP contribution in [0.1, 0.15) is 11.7 Å². The van der Waals surface area contributed by atoms with E-state index < -0.39 is 0 Å². The van der Waals surface area contributed by atoms with Crippen LogP contribution in [0, 0.1) is 0 Å². The number of guanidine groups is 1. The molecule has 9 nitrogen and oxygen atoms in total. The number of aromatic nitrogens is 2. The Hall–Kier alpha value is -3.14. The Morgan fingerprint density at radius 3 is 2.64 bits per heavy atom. The predicted molar refractivity (Wildman–Crippen MR) is 128 cm³/mol. The van der Waals surface area contributed by atoms with E-state index in [9.17, 15) is 0 Å². The van der Waals surface area contributed by atoms with Crippen molar-refractivity contribution in [2.24, 2.45) is 4.99 Å². The van der Waals surface area contributed by atoms with Gasteiger partial charge >= 0.3 is 0 Å². The Labute approximate surface area is 193 Å². The number of imidazole rings is 1. The molecule has 0 amide bonds. The predicted octanol–water partition coefficient (Wildman–Crippen LogP) is 1.92. The molecule has 33 heavy (non-hydrogen) atoms. The Kier molecular flexibility index (Phi) is 5.37. The summed E-state index contributed by atoms with van der Waals surface area (Å²) < 4.78 is 13.1. The molecule has 0 aliphatic carbocycles. The van der Waals surface area contributed by atoms with Crippen LogP contribution in [0.2, 0.25) is 0 Å². The minimum Gasteiger partial charge on any atom is -0.497 e. The van der Waals surface area contributed by atoms with Crippen LogP contribution in [-0.2, 0) is 4.74 Å². The Bertz CT molecular complexity index is 1150. The maximum Gasteiger partial charge on any atom is 0.216 e. The highest BCUT2D eigenvalue weighted by Gasteiger charge is 2.35. The summed E-state index contributed by atoms with van der Waals surface area (Å²) in [6.07, 6.45) is -0.0896. The normalized spacial score (nSPS) is 21.3. The van der Waals surface area contributed by atoms with Crippen LogP contribution < -0.4 is 15.0 Å². The summed E-state index contributed by atoms with van der Waals surface area (Å²) >= 11 is 0. The first kappa shape index (κ1) is 20.5. The van der Waals surface area contributed by atoms with Gasteiger partial charge in [-0.2, -0.15) is 0 Å². The molecule has 3 aliphatic heterocycles. The lowest BCUT2D eigenvalue weighted by Crippen LogP contribution is -2.58. The summed E-state index contributed by atoms with van der Waals surface area (Å²) in [6.45, 7) is 7.10. The lowest BCUT2D eigenvalue weighted by Gasteiger charge is -2.42. The van der Waals surface area contributed by atoms with Gasteiger partial charge in [0.2, 0.25) is 11.9 Å². The summed E-state index contributed by atoms with van der Waals surface area (Å²) in [4.78, 5) is 17.0. The second kappa shape index (κ2) is 8.66. The molecule has 0 unspecified atom stereocenters. The molecule has 172 valence electrons. The third kappa shape index (κ3) is 3.82. The Morgan fingerprint density at radius 1 is 1.03 bits per heavy atom. The first-order valence-electron chi connectivity index (χ1n) is 11.5. The highest BCUT2D eigenvalue weighted by Crippen LogP contribution is 2.34. The van der Waals surface area contributed by atoms with Gasteiger partial charge in [0.1, 0.15) is 11.9 Å². The zero-order valence-electron chi connectivity index (χ0n) is 18.9. The topological polar surface area (TPSA) is 70.4 Å². The summed E-state index contributed by atoms with van der Waals surface area (Å²) in [7, 11) is 1.69. The molecule has 1 fully saturated rings. The molecule has 1 aromatic heterocycles. The van der Waals surface area contributed by atoms with Crippen LogP contribution in [0.5, 0.6) is 5.75 Å². The average Bonchev–Trinajstić information content (AvgIpc) is 3.28. The lowest BCUT2D eigenvalue weighted by molar-refractivity contribution is 0.0334. The van der Waals surface area contributed by atoms with E-state index in [0.29, 0.717) is 6.67 Å². The zero-order chi connectivity index (χ0) is 22.2. The standard InChI is InChI=1S/C24H29N7O2/c1-32-19-8-6-18(7-9-19)22-27-23-25-16-29(11-10-28-12-14-33-15-13-28)17-30(23)24-26-20-4-2-3-5-21(20)31(22)24/h2-9,22H,10-17H2,1H3,(H,25,27)/t22-/m0/s1. The fraction of sp³-hybridized carbons (Fsp3) is 0.417. The first-order chi connectivity index (χ1) is 16.3. The number of hydrogen-bond donors (Lipinski definition) is 1. The minimum atomic E-state index is -0.0896. The molecule has 0 saturated carbocycles. The number of para-hydroxylation sites is 2. The summed E-state index contributed by atoms with van der Waals surface area (Å²) in [5.41, 5.74) is 3.22. The van der Waals surface area contributed by atoms with Crippen molar-refractivity contribution < 1.29 is 9.47 Å². The molecule has 2 aromatic carbocycles. The number of morpholine rings is 1. The third-order valence-corrected chi connectivity index (χ3v) is 6.63. The van der Waals surface area contributed by atoms with Gasteiger partial charge in [0.15, 0.2) is 0 Å². The number of aliphatic imine (C=N–C) groups is 1. The number of ether oxygens (including phenoxy) is 2. The first-order valence-corrected chi connectivity index (χ1v) is 11.5. The van der Waals surface area contributed by atoms with Crippen LogP contribution >= 0.6 is 0 Å². The number of rotatable bonds is 5. The third-order valence-electron chi connectivity index (χ3n) is 6.63. The molecule has 1 N–H and O–H groups in total. The lowest BCUT2D eigenvalue weighted by atomic mass is 10.1. The van der Waals surface area contributed by atoms with E-state index in [1.54, 1.807) is 7.11 Å². The van der Waals surface area contributed by atoms with Gasteiger partial charge in [0, 0.05) is 26.2 Å². The van der Waals surface area contributed by atoms with Gasteiger partial charge in [-0.25, -0.2) is 9.98 Å². The Balaban J connectivity index is 1.31. The number of nitrogens with zero attached hydrogens (tertiary/aromatic N) is 6. The van der Waals surface area contributed by atoms with Gasteiger partial charge in [-0.15, -0.1) is 0 Å². The molecular formula is C24H29N7O2. The highest BCUT2D eigenvalue weighted by molar-refractivity contribution is 5.98. The van der Waals surface area contributed by atoms with Crippen molar-refractivity contribution in [1.82, 2.24) is 24.7 Å². The average molecular weight is 448 g/mol. The van der Waals surface area contributed by atoms with Crippen molar-refractivity contribution in [3.8, 4) is 5.75 Å². The van der Waals surface area contributed by atoms with Gasteiger partial charge in [-0.1, -0.05) is 24.3 Å². The number of nitrogens with one attached hydrogen (secondary N) is 1. The molecule has 6 rings (SSSR count). The molecule has 1 saturated heterocycles. The van der Waals surface area contributed by atoms with Crippen molar-refractivity contribution in [2.75, 3.05) is 64.7 Å². The number of anilines is 1. The van der Waals surface area contributed by atoms with Crippen molar-refractivity contribution in [3.63, 3.8) is 0 Å². The molecule has 0 radical (unpaired) electrons. The fourth-order valence-corrected chi connectivity index (χ4v) is 4.78. The molecule has 0 spiro atoms. The second-order valence-electron chi connectivity index (χ2n) is 8.63. The molecular weight excluding hydrogens is 418 g/mol. The molecule has 3 aliphatic rings. The van der Waals surface area contributed by atoms with E-state index in [1.807, 2.05) is 18.2 Å². The van der Waals surface area contributed by atoms with Crippen molar-refractivity contribution in [3.05, 3.63) is 54.1 Å². The van der Waals surface area contributed by atoms with Crippen molar-refractivity contribution >= 4 is 22.9 Å². The van der Waals surface area contributed by atoms with Crippen LogP contribution in [0.4, 0.5) is 5.95 Å². The van der Waals surface area contributed by atoms with E-state index in [2.05, 4.69) is 54.9 Å². The zero-order valence-corrected chi connectivity index (χ0v) is 18.9. The highest BCUT2D eigenvalue weighted by atomic mass is 16.5. The van der Waals surface area contributed by atoms with Gasteiger partial charge in [0.25, 0.3) is 0 Å². The molecule has 4 heterocycles. The molecule has 9 heteroatoms. The molecule has 0 bridgehead atoms. The van der Waals surface area contributed by atoms with Crippen LogP contribution in [-0.4, -0.2) is 85.2 Å². The maximum atomic E-state index is 5.48. The maximum absolute atomic E-state index is 5.48. The van der Waals surface area contributed by atoms with Crippen LogP contribution in [0.15, 0.2) is 53.5 Å². The van der Waals surface area contributed by atoms with Crippen molar-refractivity contribution in [2.45, 2.75) is 6.17 Å². The minimum absolute atomic E-state index is 0.0896. The second-order valence-corrected chi connectivity index (χ2v) is 8.63. The monoisotopic (exact) mass is 447 g/mol. The smallest absolute Gasteiger partial charge is 0.216 e. The number of hydrogen-bond acceptors (Lipinski definition) is 8. The van der Waals surface area contributed by atoms with E-state index >= 15 is 0 Å². The largest absolute Gasteiger partial charge is 0.497 e. The Morgan fingerprint density at radius 2 is 1.82 bits per heavy atom. The summed E-state index contributed by atoms with van der Waals surface area (Å²) in [6, 6.07) is 16.5. The summed E-state index contributed by atoms with van der Waals surface area (Å²) in [5.74, 6) is 2.64. The molecule has 1 atom stereocenters. The van der Waals surface area contributed by atoms with E-state index in [0.717, 1.165) is 80.3 Å². The SMILES string of the molecule is COc1ccc([C@H]2NC3=NCN(CCN4CCOCC4)CN3c3nc4ccccc4n32)cc1. The van der Waals surface area contributed by atoms with Gasteiger partial charge in [0.05, 0.1) is 44.7 Å². The van der Waals surface area contributed by atoms with Gasteiger partial charge < -0.3 is 14.8 Å². The quantitative estimate of drug-likeness (QED) is 0.641. The number of fused-ring (bicyclic) bond motifs is 5. The van der Waals surface area contributed by atoms with E-state index in [-0.39, 0.29) is 6.17 Å². The van der Waals surface area contributed by atoms with Crippen LogP contribution in [0.3, 0.4) is 0 Å². The molecule has 3 aromatic rings. The van der Waals surface area contributed by atoms with Crippen LogP contribution in [0.25, 0.3) is 11.0 Å². The fourth-order valence-electron chi connectivity index (χ4n) is 4.78. The number of benzene rings is 2. The van der Waals surface area contributed by atoms with E-state index in [4.69, 9.17) is 19.5 Å². The van der Waals surface area contributed by atoms with Crippen molar-refractivity contribution in [1.29, 1.82) is 0 Å². The van der Waals surface area contributed by atoms with Gasteiger partial charge in [-0.3, -0.25) is 19.3 Å². The summed E-state index contributed by atoms with van der Waals surface area (Å²) in [5, 5.41) is 3.67. The number of methoxy groups -OCH3 is 1. The van der Waals surface area contributed by atoms with Gasteiger partial charge in [-0.05, 0) is 29.8 Å². The van der Waals surface area contributed by atoms with E-state index in [1.165, 1.54) is 0 Å².